The maximum Gasteiger partial charge on any atom is 0.415 e. The number of amides is 1. The molecule has 2 fully saturated rings. The van der Waals surface area contributed by atoms with E-state index in [0.29, 0.717) is 35.5 Å². The minimum atomic E-state index is -0.448. The minimum absolute atomic E-state index is 0.200. The molecule has 3 aromatic rings. The summed E-state index contributed by atoms with van der Waals surface area (Å²) in [5, 5.41) is 7.82. The predicted molar refractivity (Wildman–Crippen MR) is 123 cm³/mol. The van der Waals surface area contributed by atoms with Crippen molar-refractivity contribution in [2.75, 3.05) is 30.1 Å². The maximum absolute atomic E-state index is 14.0. The summed E-state index contributed by atoms with van der Waals surface area (Å²) in [5.41, 5.74) is 0.738. The molecule has 1 aliphatic carbocycles. The van der Waals surface area contributed by atoms with Crippen LogP contribution in [0.15, 0.2) is 54.7 Å². The lowest BCUT2D eigenvalue weighted by atomic mass is 9.78. The molecule has 9 heteroatoms. The van der Waals surface area contributed by atoms with Gasteiger partial charge in [-0.2, -0.15) is 5.10 Å². The molecule has 1 spiro atoms. The van der Waals surface area contributed by atoms with Crippen LogP contribution < -0.4 is 19.7 Å². The number of hydrogen-bond donors (Lipinski definition) is 1. The Morgan fingerprint density at radius 2 is 1.91 bits per heavy atom. The quantitative estimate of drug-likeness (QED) is 0.588. The third kappa shape index (κ3) is 3.81. The Morgan fingerprint density at radius 3 is 2.76 bits per heavy atom. The average molecular weight is 464 g/mol. The van der Waals surface area contributed by atoms with Gasteiger partial charge in [0.1, 0.15) is 22.9 Å². The number of benzene rings is 2. The van der Waals surface area contributed by atoms with Crippen molar-refractivity contribution >= 4 is 17.6 Å². The zero-order valence-corrected chi connectivity index (χ0v) is 18.6. The molecular formula is C25H25FN4O4. The lowest BCUT2D eigenvalue weighted by Crippen LogP contribution is -2.39. The Kier molecular flexibility index (Phi) is 5.04. The molecule has 0 radical (unpaired) electrons. The highest BCUT2D eigenvalue weighted by atomic mass is 19.1. The number of hydrogen-bond acceptors (Lipinski definition) is 6. The molecule has 2 aromatic carbocycles. The Hall–Kier alpha value is -3.75. The molecule has 1 saturated carbocycles. The molecule has 3 aliphatic rings. The van der Waals surface area contributed by atoms with Crippen LogP contribution in [0.4, 0.5) is 20.7 Å². The van der Waals surface area contributed by atoms with Crippen molar-refractivity contribution < 1.29 is 23.4 Å². The summed E-state index contributed by atoms with van der Waals surface area (Å²) in [5.74, 6) is 2.19. The molecule has 1 saturated heterocycles. The van der Waals surface area contributed by atoms with Crippen LogP contribution in [0.1, 0.15) is 25.7 Å². The maximum atomic E-state index is 14.0. The zero-order chi connectivity index (χ0) is 23.1. The average Bonchev–Trinajstić information content (AvgIpc) is 3.58. The van der Waals surface area contributed by atoms with Crippen LogP contribution >= 0.6 is 0 Å². The van der Waals surface area contributed by atoms with Crippen molar-refractivity contribution in [2.45, 2.75) is 31.3 Å². The molecule has 1 N–H and O–H groups in total. The smallest absolute Gasteiger partial charge is 0.415 e. The molecule has 0 unspecified atom stereocenters. The number of carbonyl (C=O) groups is 1. The number of rotatable bonds is 5. The first-order chi connectivity index (χ1) is 16.6. The van der Waals surface area contributed by atoms with Gasteiger partial charge in [-0.3, -0.25) is 4.90 Å². The highest BCUT2D eigenvalue weighted by Crippen LogP contribution is 2.43. The number of aromatic nitrogens is 2. The van der Waals surface area contributed by atoms with Gasteiger partial charge in [0.05, 0.1) is 12.2 Å². The van der Waals surface area contributed by atoms with E-state index in [1.807, 2.05) is 24.3 Å². The molecule has 0 bridgehead atoms. The van der Waals surface area contributed by atoms with Crippen LogP contribution in [-0.4, -0.2) is 41.4 Å². The number of ether oxygens (including phenoxy) is 3. The van der Waals surface area contributed by atoms with Crippen LogP contribution in [0.5, 0.6) is 11.5 Å². The first-order valence-corrected chi connectivity index (χ1v) is 11.5. The van der Waals surface area contributed by atoms with E-state index in [1.165, 1.54) is 10.7 Å². The van der Waals surface area contributed by atoms with E-state index in [2.05, 4.69) is 10.4 Å². The number of carbonyl (C=O) groups excluding carboxylic acids is 1. The predicted octanol–water partition coefficient (Wildman–Crippen LogP) is 4.74. The fourth-order valence-electron chi connectivity index (χ4n) is 4.98. The van der Waals surface area contributed by atoms with Crippen LogP contribution in [0.3, 0.4) is 0 Å². The second-order valence-corrected chi connectivity index (χ2v) is 9.10. The monoisotopic (exact) mass is 464 g/mol. The fraction of sp³-hybridized carbons (Fsp3) is 0.360. The number of halogens is 1. The second kappa shape index (κ2) is 8.23. The Bertz CT molecular complexity index is 1220. The summed E-state index contributed by atoms with van der Waals surface area (Å²) in [4.78, 5) is 14.4. The summed E-state index contributed by atoms with van der Waals surface area (Å²) in [6.45, 7) is 1.51. The summed E-state index contributed by atoms with van der Waals surface area (Å²) in [6, 6.07) is 13.9. The van der Waals surface area contributed by atoms with Gasteiger partial charge in [0.2, 0.25) is 6.79 Å². The summed E-state index contributed by atoms with van der Waals surface area (Å²) in [7, 11) is 0. The second-order valence-electron chi connectivity index (χ2n) is 9.10. The van der Waals surface area contributed by atoms with Gasteiger partial charge in [-0.15, -0.1) is 0 Å². The Labute approximate surface area is 196 Å². The van der Waals surface area contributed by atoms with E-state index in [1.54, 1.807) is 29.3 Å². The standard InChI is InChI=1S/C25H25FN4O4/c26-19-3-1-2-4-20(19)30-12-9-23(28-30)27-14-17-7-10-25(11-8-17)15-29(24(31)34-25)18-5-6-21-22(13-18)33-16-32-21/h1-6,9,12-13,17H,7-8,10-11,14-16H2,(H,27,28)/t17-,25-. The third-order valence-corrected chi connectivity index (χ3v) is 6.91. The van der Waals surface area contributed by atoms with Crippen molar-refractivity contribution in [2.24, 2.45) is 5.92 Å². The van der Waals surface area contributed by atoms with Gasteiger partial charge in [-0.05, 0) is 55.9 Å². The van der Waals surface area contributed by atoms with Gasteiger partial charge in [0.15, 0.2) is 11.5 Å². The van der Waals surface area contributed by atoms with Gasteiger partial charge >= 0.3 is 6.09 Å². The number of para-hydroxylation sites is 1. The van der Waals surface area contributed by atoms with Gasteiger partial charge in [0, 0.05) is 24.9 Å². The number of nitrogens with one attached hydrogen (secondary N) is 1. The van der Waals surface area contributed by atoms with E-state index < -0.39 is 5.60 Å². The van der Waals surface area contributed by atoms with Crippen molar-refractivity contribution in [1.82, 2.24) is 9.78 Å². The molecule has 3 heterocycles. The van der Waals surface area contributed by atoms with Gasteiger partial charge in [-0.1, -0.05) is 12.1 Å². The zero-order valence-electron chi connectivity index (χ0n) is 18.6. The Morgan fingerprint density at radius 1 is 1.09 bits per heavy atom. The summed E-state index contributed by atoms with van der Waals surface area (Å²) < 4.78 is 32.2. The van der Waals surface area contributed by atoms with E-state index in [-0.39, 0.29) is 18.7 Å². The number of anilines is 2. The molecule has 1 aromatic heterocycles. The lowest BCUT2D eigenvalue weighted by Gasteiger charge is -2.35. The van der Waals surface area contributed by atoms with E-state index in [4.69, 9.17) is 14.2 Å². The molecule has 34 heavy (non-hydrogen) atoms. The van der Waals surface area contributed by atoms with Crippen LogP contribution in [0.2, 0.25) is 0 Å². The minimum Gasteiger partial charge on any atom is -0.454 e. The van der Waals surface area contributed by atoms with Gasteiger partial charge in [-0.25, -0.2) is 13.9 Å². The highest BCUT2D eigenvalue weighted by molar-refractivity contribution is 5.90. The third-order valence-electron chi connectivity index (χ3n) is 6.91. The van der Waals surface area contributed by atoms with Gasteiger partial charge in [0.25, 0.3) is 0 Å². The van der Waals surface area contributed by atoms with Gasteiger partial charge < -0.3 is 19.5 Å². The topological polar surface area (TPSA) is 77.9 Å². The van der Waals surface area contributed by atoms with Crippen LogP contribution in [-0.2, 0) is 4.74 Å². The highest BCUT2D eigenvalue weighted by Gasteiger charge is 2.47. The van der Waals surface area contributed by atoms with E-state index in [0.717, 1.165) is 37.9 Å². The van der Waals surface area contributed by atoms with Crippen LogP contribution in [0.25, 0.3) is 5.69 Å². The molecule has 6 rings (SSSR count). The van der Waals surface area contributed by atoms with E-state index in [9.17, 15) is 9.18 Å². The first-order valence-electron chi connectivity index (χ1n) is 11.5. The van der Waals surface area contributed by atoms with E-state index >= 15 is 0 Å². The number of fused-ring (bicyclic) bond motifs is 1. The van der Waals surface area contributed by atoms with Crippen molar-refractivity contribution in [3.8, 4) is 17.2 Å². The molecule has 176 valence electrons. The number of nitrogens with zero attached hydrogens (tertiary/aromatic N) is 3. The van der Waals surface area contributed by atoms with Crippen molar-refractivity contribution in [3.05, 3.63) is 60.5 Å². The first kappa shape index (κ1) is 20.8. The SMILES string of the molecule is O=C1O[C@]2(CC[C@H](CNc3ccn(-c4ccccc4F)n3)CC2)CN1c1ccc2c(c1)OCO2. The Balaban J connectivity index is 1.04. The molecule has 0 atom stereocenters. The summed E-state index contributed by atoms with van der Waals surface area (Å²) in [6.07, 6.45) is 4.96. The normalized spacial score (nSPS) is 23.4. The summed E-state index contributed by atoms with van der Waals surface area (Å²) >= 11 is 0. The molecule has 8 nitrogen and oxygen atoms in total. The van der Waals surface area contributed by atoms with Crippen LogP contribution in [0, 0.1) is 11.7 Å². The lowest BCUT2D eigenvalue weighted by molar-refractivity contribution is 0.0148. The molecule has 1 amide bonds. The molecular weight excluding hydrogens is 439 g/mol. The fourth-order valence-corrected chi connectivity index (χ4v) is 4.98. The molecule has 2 aliphatic heterocycles. The van der Waals surface area contributed by atoms with Crippen molar-refractivity contribution in [3.63, 3.8) is 0 Å². The largest absolute Gasteiger partial charge is 0.454 e. The van der Waals surface area contributed by atoms with Crippen molar-refractivity contribution in [1.29, 1.82) is 0 Å².